The topological polar surface area (TPSA) is 140 Å². The van der Waals surface area contributed by atoms with E-state index in [4.69, 9.17) is 20.9 Å². The fourth-order valence-corrected chi connectivity index (χ4v) is 3.91. The minimum Gasteiger partial charge on any atom is -0.466 e. The Morgan fingerprint density at radius 1 is 1.03 bits per heavy atom. The average molecular weight is 555 g/mol. The summed E-state index contributed by atoms with van der Waals surface area (Å²) in [6, 6.07) is 14.3. The van der Waals surface area contributed by atoms with Crippen LogP contribution in [0, 0.1) is 5.92 Å². The third kappa shape index (κ3) is 9.26. The molecule has 0 unspecified atom stereocenters. The summed E-state index contributed by atoms with van der Waals surface area (Å²) in [6.07, 6.45) is 0.205. The highest BCUT2D eigenvalue weighted by Crippen LogP contribution is 2.23. The Morgan fingerprint density at radius 3 is 2.41 bits per heavy atom. The number of halogens is 1. The molecule has 0 fully saturated rings. The lowest BCUT2D eigenvalue weighted by molar-refractivity contribution is -0.142. The molecule has 0 saturated heterocycles. The quantitative estimate of drug-likeness (QED) is 0.151. The Kier molecular flexibility index (Phi) is 10.6. The van der Waals surface area contributed by atoms with Gasteiger partial charge in [0, 0.05) is 11.8 Å². The summed E-state index contributed by atoms with van der Waals surface area (Å²) in [5.74, 6) is -1.29. The number of ether oxygens (including phenoxy) is 1. The highest BCUT2D eigenvalue weighted by Gasteiger charge is 2.24. The van der Waals surface area contributed by atoms with Gasteiger partial charge in [0.15, 0.2) is 0 Å². The monoisotopic (exact) mass is 554 g/mol. The molecule has 1 heterocycles. The first-order valence-corrected chi connectivity index (χ1v) is 12.9. The number of anilines is 2. The number of rotatable bonds is 12. The molecule has 1 atom stereocenters. The minimum atomic E-state index is -0.644. The van der Waals surface area contributed by atoms with Crippen LogP contribution in [0.5, 0.6) is 0 Å². The second-order valence-electron chi connectivity index (χ2n) is 9.20. The standard InChI is InChI=1S/C28H31ClN4O6/c1-4-38-27(36)16-24(34)25-15-23(33-39-25)22(13-17(2)3)31-26(35)14-18-9-11-19(12-10-18)30-28(37)32-21-8-6-5-7-20(21)29/h5-12,15,17,22H,4,13-14,16H2,1-3H3,(H,31,35)(H2,30,32,37)/t22-/m0/s1. The third-order valence-electron chi connectivity index (χ3n) is 5.51. The van der Waals surface area contributed by atoms with Gasteiger partial charge in [-0.15, -0.1) is 0 Å². The van der Waals surface area contributed by atoms with Gasteiger partial charge in [0.1, 0.15) is 12.1 Å². The van der Waals surface area contributed by atoms with Crippen molar-refractivity contribution in [3.05, 3.63) is 76.6 Å². The van der Waals surface area contributed by atoms with Gasteiger partial charge in [-0.3, -0.25) is 14.4 Å². The van der Waals surface area contributed by atoms with E-state index in [1.165, 1.54) is 6.07 Å². The lowest BCUT2D eigenvalue weighted by Crippen LogP contribution is -2.31. The minimum absolute atomic E-state index is 0.0669. The van der Waals surface area contributed by atoms with Crippen molar-refractivity contribution in [1.82, 2.24) is 10.5 Å². The number of urea groups is 1. The van der Waals surface area contributed by atoms with Gasteiger partial charge >= 0.3 is 12.0 Å². The number of aromatic nitrogens is 1. The molecular weight excluding hydrogens is 524 g/mol. The number of carbonyl (C=O) groups excluding carboxylic acids is 4. The summed E-state index contributed by atoms with van der Waals surface area (Å²) >= 11 is 6.07. The van der Waals surface area contributed by atoms with Crippen LogP contribution in [0.2, 0.25) is 5.02 Å². The lowest BCUT2D eigenvalue weighted by Gasteiger charge is -2.18. The highest BCUT2D eigenvalue weighted by molar-refractivity contribution is 6.33. The third-order valence-corrected chi connectivity index (χ3v) is 5.84. The number of benzene rings is 2. The SMILES string of the molecule is CCOC(=O)CC(=O)c1cc([C@H](CC(C)C)NC(=O)Cc2ccc(NC(=O)Nc3ccccc3Cl)cc2)no1. The number of ketones is 1. The Morgan fingerprint density at radius 2 is 1.74 bits per heavy atom. The van der Waals surface area contributed by atoms with E-state index in [1.807, 2.05) is 13.8 Å². The fraction of sp³-hybridized carbons (Fsp3) is 0.321. The molecule has 0 aliphatic rings. The molecule has 39 heavy (non-hydrogen) atoms. The van der Waals surface area contributed by atoms with E-state index in [-0.39, 0.29) is 30.6 Å². The predicted molar refractivity (Wildman–Crippen MR) is 147 cm³/mol. The normalized spacial score (nSPS) is 11.5. The second kappa shape index (κ2) is 14.1. The predicted octanol–water partition coefficient (Wildman–Crippen LogP) is 5.55. The molecule has 3 N–H and O–H groups in total. The maximum atomic E-state index is 12.8. The van der Waals surface area contributed by atoms with E-state index in [9.17, 15) is 19.2 Å². The second-order valence-corrected chi connectivity index (χ2v) is 9.61. The summed E-state index contributed by atoms with van der Waals surface area (Å²) in [5.41, 5.74) is 2.17. The Hall–Kier alpha value is -4.18. The number of para-hydroxylation sites is 1. The molecule has 3 amide bonds. The number of nitrogens with one attached hydrogen (secondary N) is 3. The van der Waals surface area contributed by atoms with Crippen molar-refractivity contribution in [2.75, 3.05) is 17.2 Å². The maximum Gasteiger partial charge on any atom is 0.323 e. The molecule has 0 spiro atoms. The van der Waals surface area contributed by atoms with E-state index in [2.05, 4.69) is 21.1 Å². The molecule has 0 aliphatic carbocycles. The summed E-state index contributed by atoms with van der Waals surface area (Å²) in [4.78, 5) is 49.0. The van der Waals surface area contributed by atoms with Crippen molar-refractivity contribution in [1.29, 1.82) is 0 Å². The van der Waals surface area contributed by atoms with Crippen LogP contribution in [0.1, 0.15) is 61.5 Å². The van der Waals surface area contributed by atoms with Crippen LogP contribution in [-0.4, -0.2) is 35.5 Å². The van der Waals surface area contributed by atoms with Crippen LogP contribution < -0.4 is 16.0 Å². The highest BCUT2D eigenvalue weighted by atomic mass is 35.5. The zero-order valence-electron chi connectivity index (χ0n) is 22.0. The van der Waals surface area contributed by atoms with Crippen molar-refractivity contribution < 1.29 is 28.4 Å². The Balaban J connectivity index is 1.58. The molecule has 0 bridgehead atoms. The van der Waals surface area contributed by atoms with Crippen molar-refractivity contribution >= 4 is 46.7 Å². The molecular formula is C28H31ClN4O6. The van der Waals surface area contributed by atoms with E-state index in [0.717, 1.165) is 5.56 Å². The molecule has 0 radical (unpaired) electrons. The summed E-state index contributed by atoms with van der Waals surface area (Å²) in [5, 5.41) is 12.7. The van der Waals surface area contributed by atoms with Crippen molar-refractivity contribution in [2.45, 2.75) is 46.1 Å². The molecule has 11 heteroatoms. The molecule has 3 rings (SSSR count). The van der Waals surface area contributed by atoms with Crippen LogP contribution in [0.15, 0.2) is 59.1 Å². The smallest absolute Gasteiger partial charge is 0.323 e. The zero-order chi connectivity index (χ0) is 28.4. The molecule has 3 aromatic rings. The van der Waals surface area contributed by atoms with Crippen molar-refractivity contribution in [3.8, 4) is 0 Å². The van der Waals surface area contributed by atoms with Gasteiger partial charge < -0.3 is 25.2 Å². The van der Waals surface area contributed by atoms with E-state index < -0.39 is 30.2 Å². The number of carbonyl (C=O) groups is 4. The first-order valence-electron chi connectivity index (χ1n) is 12.5. The lowest BCUT2D eigenvalue weighted by atomic mass is 10.00. The maximum absolute atomic E-state index is 12.8. The van der Waals surface area contributed by atoms with Crippen LogP contribution in [0.4, 0.5) is 16.2 Å². The molecule has 2 aromatic carbocycles. The van der Waals surface area contributed by atoms with Crippen LogP contribution in [-0.2, 0) is 20.7 Å². The summed E-state index contributed by atoms with van der Waals surface area (Å²) < 4.78 is 9.95. The number of hydrogen-bond acceptors (Lipinski definition) is 7. The number of hydrogen-bond donors (Lipinski definition) is 3. The molecule has 206 valence electrons. The first-order chi connectivity index (χ1) is 18.6. The number of amides is 3. The van der Waals surface area contributed by atoms with Crippen LogP contribution in [0.3, 0.4) is 0 Å². The first kappa shape index (κ1) is 29.4. The summed E-state index contributed by atoms with van der Waals surface area (Å²) in [6.45, 7) is 5.83. The summed E-state index contributed by atoms with van der Waals surface area (Å²) in [7, 11) is 0. The van der Waals surface area contributed by atoms with E-state index in [0.29, 0.717) is 28.5 Å². The number of nitrogens with zero attached hydrogens (tertiary/aromatic N) is 1. The zero-order valence-corrected chi connectivity index (χ0v) is 22.7. The fourth-order valence-electron chi connectivity index (χ4n) is 3.72. The molecule has 0 saturated carbocycles. The van der Waals surface area contributed by atoms with Gasteiger partial charge in [-0.25, -0.2) is 4.79 Å². The van der Waals surface area contributed by atoms with Gasteiger partial charge in [-0.05, 0) is 49.1 Å². The Labute approximate surface area is 231 Å². The van der Waals surface area contributed by atoms with Gasteiger partial charge in [0.25, 0.3) is 0 Å². The van der Waals surface area contributed by atoms with Crippen molar-refractivity contribution in [3.63, 3.8) is 0 Å². The largest absolute Gasteiger partial charge is 0.466 e. The molecule has 0 aliphatic heterocycles. The van der Waals surface area contributed by atoms with Gasteiger partial charge in [0.05, 0.1) is 29.8 Å². The van der Waals surface area contributed by atoms with Crippen LogP contribution >= 0.6 is 11.6 Å². The number of esters is 1. The van der Waals surface area contributed by atoms with Gasteiger partial charge in [-0.1, -0.05) is 54.9 Å². The molecule has 1 aromatic heterocycles. The van der Waals surface area contributed by atoms with Gasteiger partial charge in [0.2, 0.25) is 17.5 Å². The van der Waals surface area contributed by atoms with Gasteiger partial charge in [-0.2, -0.15) is 0 Å². The Bertz CT molecular complexity index is 1310. The van der Waals surface area contributed by atoms with Crippen LogP contribution in [0.25, 0.3) is 0 Å². The number of Topliss-reactive ketones (excluding diaryl/α,β-unsaturated/α-hetero) is 1. The molecule has 10 nitrogen and oxygen atoms in total. The van der Waals surface area contributed by atoms with E-state index in [1.54, 1.807) is 55.5 Å². The van der Waals surface area contributed by atoms with Crippen molar-refractivity contribution in [2.24, 2.45) is 5.92 Å². The van der Waals surface area contributed by atoms with E-state index >= 15 is 0 Å². The average Bonchev–Trinajstić information content (AvgIpc) is 3.37.